The zero-order chi connectivity index (χ0) is 11.4. The fourth-order valence-electron chi connectivity index (χ4n) is 1.67. The third-order valence-corrected chi connectivity index (χ3v) is 4.29. The molecule has 2 heterocycles. The van der Waals surface area contributed by atoms with E-state index in [4.69, 9.17) is 0 Å². The maximum atomic E-state index is 3.58. The van der Waals surface area contributed by atoms with Gasteiger partial charge in [-0.3, -0.25) is 0 Å². The van der Waals surface area contributed by atoms with E-state index in [9.17, 15) is 0 Å². The molecule has 0 radical (unpaired) electrons. The summed E-state index contributed by atoms with van der Waals surface area (Å²) in [5.41, 5.74) is 2.83. The molecule has 0 aromatic carbocycles. The molecule has 0 amide bonds. The monoisotopic (exact) mass is 251 g/mol. The lowest BCUT2D eigenvalue weighted by Crippen LogP contribution is -2.23. The molecule has 0 fully saturated rings. The predicted octanol–water partition coefficient (Wildman–Crippen LogP) is 4.26. The van der Waals surface area contributed by atoms with Gasteiger partial charge >= 0.3 is 0 Å². The van der Waals surface area contributed by atoms with Crippen molar-refractivity contribution in [3.05, 3.63) is 44.8 Å². The van der Waals surface area contributed by atoms with Crippen LogP contribution in [-0.2, 0) is 0 Å². The van der Waals surface area contributed by atoms with Crippen molar-refractivity contribution in [3.63, 3.8) is 0 Å². The molecule has 3 heteroatoms. The van der Waals surface area contributed by atoms with E-state index in [1.54, 1.807) is 22.7 Å². The summed E-state index contributed by atoms with van der Waals surface area (Å²) < 4.78 is 0. The highest BCUT2D eigenvalue weighted by molar-refractivity contribution is 7.08. The van der Waals surface area contributed by atoms with E-state index < -0.39 is 0 Å². The summed E-state index contributed by atoms with van der Waals surface area (Å²) in [6, 6.07) is 4.86. The molecule has 1 nitrogen and oxygen atoms in total. The summed E-state index contributed by atoms with van der Waals surface area (Å²) in [4.78, 5) is 0. The molecule has 0 aliphatic heterocycles. The van der Waals surface area contributed by atoms with Crippen molar-refractivity contribution in [1.82, 2.24) is 5.32 Å². The minimum absolute atomic E-state index is 0.451. The summed E-state index contributed by atoms with van der Waals surface area (Å²) in [5, 5.41) is 12.3. The zero-order valence-electron chi connectivity index (χ0n) is 9.64. The lowest BCUT2D eigenvalue weighted by molar-refractivity contribution is 0.539. The average molecular weight is 251 g/mol. The van der Waals surface area contributed by atoms with Gasteiger partial charge in [0.15, 0.2) is 0 Å². The first-order chi connectivity index (χ1) is 7.77. The Morgan fingerprint density at radius 1 is 1.06 bits per heavy atom. The zero-order valence-corrected chi connectivity index (χ0v) is 11.3. The Balaban J connectivity index is 1.84. The second-order valence-corrected chi connectivity index (χ2v) is 5.70. The predicted molar refractivity (Wildman–Crippen MR) is 73.5 cm³/mol. The van der Waals surface area contributed by atoms with Crippen LogP contribution in [0, 0.1) is 0 Å². The highest BCUT2D eigenvalue weighted by Gasteiger charge is 2.09. The van der Waals surface area contributed by atoms with Gasteiger partial charge in [-0.1, -0.05) is 6.92 Å². The van der Waals surface area contributed by atoms with E-state index >= 15 is 0 Å². The maximum absolute atomic E-state index is 3.58. The molecular formula is C13H17NS2. The molecule has 0 saturated carbocycles. The van der Waals surface area contributed by atoms with E-state index in [0.717, 1.165) is 6.54 Å². The largest absolute Gasteiger partial charge is 0.310 e. The van der Waals surface area contributed by atoms with Gasteiger partial charge in [0.05, 0.1) is 0 Å². The first kappa shape index (κ1) is 11.8. The maximum Gasteiger partial charge on any atom is 0.0300 e. The Kier molecular flexibility index (Phi) is 4.16. The van der Waals surface area contributed by atoms with E-state index in [-0.39, 0.29) is 0 Å². The van der Waals surface area contributed by atoms with Gasteiger partial charge in [0.2, 0.25) is 0 Å². The van der Waals surface area contributed by atoms with Crippen molar-refractivity contribution in [2.45, 2.75) is 25.8 Å². The van der Waals surface area contributed by atoms with Crippen molar-refractivity contribution >= 4 is 22.7 Å². The number of hydrogen-bond donors (Lipinski definition) is 1. The van der Waals surface area contributed by atoms with Crippen molar-refractivity contribution in [2.75, 3.05) is 6.54 Å². The fraction of sp³-hybridized carbons (Fsp3) is 0.385. The van der Waals surface area contributed by atoms with Crippen LogP contribution < -0.4 is 5.32 Å². The van der Waals surface area contributed by atoms with Gasteiger partial charge < -0.3 is 5.32 Å². The fourth-order valence-corrected chi connectivity index (χ4v) is 3.20. The Morgan fingerprint density at radius 2 is 1.69 bits per heavy atom. The first-order valence-electron chi connectivity index (χ1n) is 5.55. The van der Waals surface area contributed by atoms with Crippen LogP contribution in [0.3, 0.4) is 0 Å². The number of thiophene rings is 2. The molecule has 0 unspecified atom stereocenters. The topological polar surface area (TPSA) is 12.0 Å². The summed E-state index contributed by atoms with van der Waals surface area (Å²) in [5.74, 6) is 0.590. The Labute approximate surface area is 105 Å². The molecule has 2 aromatic rings. The van der Waals surface area contributed by atoms with Crippen LogP contribution in [0.5, 0.6) is 0 Å². The van der Waals surface area contributed by atoms with E-state index in [1.165, 1.54) is 11.1 Å². The number of hydrogen-bond acceptors (Lipinski definition) is 3. The molecule has 2 atom stereocenters. The van der Waals surface area contributed by atoms with E-state index in [1.807, 2.05) is 0 Å². The van der Waals surface area contributed by atoms with Crippen molar-refractivity contribution in [2.24, 2.45) is 0 Å². The highest BCUT2D eigenvalue weighted by Crippen LogP contribution is 2.20. The molecule has 0 saturated heterocycles. The summed E-state index contributed by atoms with van der Waals surface area (Å²) in [7, 11) is 0. The lowest BCUT2D eigenvalue weighted by Gasteiger charge is -2.16. The van der Waals surface area contributed by atoms with Gasteiger partial charge in [0.25, 0.3) is 0 Å². The van der Waals surface area contributed by atoms with Crippen LogP contribution in [0.2, 0.25) is 0 Å². The molecule has 2 aromatic heterocycles. The quantitative estimate of drug-likeness (QED) is 0.837. The standard InChI is InChI=1S/C13H17NS2/c1-10(12-3-5-15-8-12)7-14-11(2)13-4-6-16-9-13/h3-6,8-11,14H,7H2,1-2H3/t10-,11-/m1/s1. The molecule has 16 heavy (non-hydrogen) atoms. The van der Waals surface area contributed by atoms with Crippen LogP contribution in [0.15, 0.2) is 33.7 Å². The van der Waals surface area contributed by atoms with Gasteiger partial charge in [-0.05, 0) is 57.6 Å². The van der Waals surface area contributed by atoms with Crippen LogP contribution in [0.4, 0.5) is 0 Å². The Hall–Kier alpha value is -0.640. The molecule has 2 rings (SSSR count). The Morgan fingerprint density at radius 3 is 2.25 bits per heavy atom. The number of nitrogens with one attached hydrogen (secondary N) is 1. The number of rotatable bonds is 5. The normalized spacial score (nSPS) is 14.9. The third-order valence-electron chi connectivity index (χ3n) is 2.89. The van der Waals surface area contributed by atoms with Gasteiger partial charge in [-0.2, -0.15) is 22.7 Å². The van der Waals surface area contributed by atoms with E-state index in [0.29, 0.717) is 12.0 Å². The van der Waals surface area contributed by atoms with Gasteiger partial charge in [-0.15, -0.1) is 0 Å². The van der Waals surface area contributed by atoms with Crippen molar-refractivity contribution in [3.8, 4) is 0 Å². The molecule has 1 N–H and O–H groups in total. The summed E-state index contributed by atoms with van der Waals surface area (Å²) in [6.45, 7) is 5.53. The SMILES string of the molecule is C[C@H](CN[C@H](C)c1ccsc1)c1ccsc1. The smallest absolute Gasteiger partial charge is 0.0300 e. The minimum Gasteiger partial charge on any atom is -0.310 e. The minimum atomic E-state index is 0.451. The summed E-state index contributed by atoms with van der Waals surface area (Å²) in [6.07, 6.45) is 0. The third kappa shape index (κ3) is 2.94. The van der Waals surface area contributed by atoms with Crippen LogP contribution in [-0.4, -0.2) is 6.54 Å². The van der Waals surface area contributed by atoms with Gasteiger partial charge in [0, 0.05) is 12.6 Å². The second-order valence-electron chi connectivity index (χ2n) is 4.14. The lowest BCUT2D eigenvalue weighted by atomic mass is 10.0. The van der Waals surface area contributed by atoms with Crippen molar-refractivity contribution < 1.29 is 0 Å². The van der Waals surface area contributed by atoms with Crippen LogP contribution >= 0.6 is 22.7 Å². The van der Waals surface area contributed by atoms with Crippen molar-refractivity contribution in [1.29, 1.82) is 0 Å². The van der Waals surface area contributed by atoms with Gasteiger partial charge in [0.1, 0.15) is 0 Å². The molecule has 86 valence electrons. The highest BCUT2D eigenvalue weighted by atomic mass is 32.1. The molecular weight excluding hydrogens is 234 g/mol. The molecule has 0 spiro atoms. The molecule has 0 aliphatic carbocycles. The Bertz CT molecular complexity index is 351. The first-order valence-corrected chi connectivity index (χ1v) is 7.43. The molecule has 0 bridgehead atoms. The molecule has 0 aliphatic rings. The van der Waals surface area contributed by atoms with Crippen LogP contribution in [0.1, 0.15) is 36.9 Å². The van der Waals surface area contributed by atoms with Gasteiger partial charge in [-0.25, -0.2) is 0 Å². The van der Waals surface area contributed by atoms with E-state index in [2.05, 4.69) is 52.8 Å². The average Bonchev–Trinajstić information content (AvgIpc) is 2.95. The second kappa shape index (κ2) is 5.62. The summed E-state index contributed by atoms with van der Waals surface area (Å²) >= 11 is 3.54. The van der Waals surface area contributed by atoms with Crippen LogP contribution in [0.25, 0.3) is 0 Å².